The summed E-state index contributed by atoms with van der Waals surface area (Å²) < 4.78 is 31.9. The molecule has 0 saturated carbocycles. The topological polar surface area (TPSA) is 91.8 Å². The molecule has 8 nitrogen and oxygen atoms in total. The highest BCUT2D eigenvalue weighted by molar-refractivity contribution is 7.99. The van der Waals surface area contributed by atoms with E-state index in [0.29, 0.717) is 31.3 Å². The predicted octanol–water partition coefficient (Wildman–Crippen LogP) is 2.82. The molecule has 10 heteroatoms. The minimum Gasteiger partial charge on any atom is -0.379 e. The standard InChI is InChI=1S/C22H28N4O4S2/c27-21(24-18-4-6-19(7-5-18)25-10-2-1-3-11-25)17-31-22-9-8-20(16-23-22)32(28,29)26-12-14-30-15-13-26/h4-9,16H,1-3,10-15,17H2,(H,24,27). The molecule has 2 aliphatic rings. The van der Waals surface area contributed by atoms with Crippen molar-refractivity contribution in [2.75, 3.05) is 55.4 Å². The van der Waals surface area contributed by atoms with Crippen LogP contribution in [0.3, 0.4) is 0 Å². The zero-order chi connectivity index (χ0) is 22.4. The number of carbonyl (C=O) groups excluding carboxylic acids is 1. The Morgan fingerprint density at radius 2 is 1.72 bits per heavy atom. The van der Waals surface area contributed by atoms with Gasteiger partial charge in [-0.3, -0.25) is 4.79 Å². The average Bonchev–Trinajstić information content (AvgIpc) is 2.84. The van der Waals surface area contributed by atoms with Crippen molar-refractivity contribution in [2.24, 2.45) is 0 Å². The van der Waals surface area contributed by atoms with Crippen molar-refractivity contribution in [2.45, 2.75) is 29.2 Å². The maximum Gasteiger partial charge on any atom is 0.244 e. The number of piperidine rings is 1. The number of rotatable bonds is 7. The van der Waals surface area contributed by atoms with Gasteiger partial charge in [-0.05, 0) is 55.7 Å². The molecular weight excluding hydrogens is 448 g/mol. The maximum absolute atomic E-state index is 12.6. The molecule has 2 fully saturated rings. The third-order valence-corrected chi connectivity index (χ3v) is 8.37. The number of amides is 1. The SMILES string of the molecule is O=C(CSc1ccc(S(=O)(=O)N2CCOCC2)cn1)Nc1ccc(N2CCCCC2)cc1. The Hall–Kier alpha value is -2.14. The van der Waals surface area contributed by atoms with Crippen molar-refractivity contribution < 1.29 is 17.9 Å². The normalized spacial score (nSPS) is 17.8. The minimum absolute atomic E-state index is 0.132. The lowest BCUT2D eigenvalue weighted by molar-refractivity contribution is -0.113. The first-order valence-corrected chi connectivity index (χ1v) is 13.3. The Balaban J connectivity index is 1.27. The van der Waals surface area contributed by atoms with Gasteiger partial charge in [-0.25, -0.2) is 13.4 Å². The number of nitrogens with one attached hydrogen (secondary N) is 1. The van der Waals surface area contributed by atoms with Crippen LogP contribution in [0.1, 0.15) is 19.3 Å². The Morgan fingerprint density at radius 1 is 1.00 bits per heavy atom. The van der Waals surface area contributed by atoms with Crippen molar-refractivity contribution in [3.63, 3.8) is 0 Å². The summed E-state index contributed by atoms with van der Waals surface area (Å²) in [5, 5.41) is 3.50. The molecule has 0 atom stereocenters. The number of hydrogen-bond donors (Lipinski definition) is 1. The van der Waals surface area contributed by atoms with E-state index in [4.69, 9.17) is 4.74 Å². The van der Waals surface area contributed by atoms with Crippen molar-refractivity contribution in [1.29, 1.82) is 0 Å². The van der Waals surface area contributed by atoms with E-state index in [-0.39, 0.29) is 16.6 Å². The van der Waals surface area contributed by atoms with Crippen LogP contribution in [0.2, 0.25) is 0 Å². The van der Waals surface area contributed by atoms with E-state index in [0.717, 1.165) is 18.8 Å². The van der Waals surface area contributed by atoms with E-state index in [9.17, 15) is 13.2 Å². The number of morpholine rings is 1. The first-order valence-electron chi connectivity index (χ1n) is 10.8. The number of carbonyl (C=O) groups is 1. The van der Waals surface area contributed by atoms with Gasteiger partial charge in [0.2, 0.25) is 15.9 Å². The molecular formula is C22H28N4O4S2. The third kappa shape index (κ3) is 5.80. The van der Waals surface area contributed by atoms with Crippen LogP contribution >= 0.6 is 11.8 Å². The first-order chi connectivity index (χ1) is 15.5. The van der Waals surface area contributed by atoms with Crippen molar-refractivity contribution in [1.82, 2.24) is 9.29 Å². The number of nitrogens with zero attached hydrogens (tertiary/aromatic N) is 3. The summed E-state index contributed by atoms with van der Waals surface area (Å²) in [6.45, 7) is 3.66. The van der Waals surface area contributed by atoms with Gasteiger partial charge in [-0.2, -0.15) is 4.31 Å². The molecule has 0 aliphatic carbocycles. The monoisotopic (exact) mass is 476 g/mol. The Labute approximate surface area is 193 Å². The fourth-order valence-corrected chi connectivity index (χ4v) is 5.78. The van der Waals surface area contributed by atoms with Crippen LogP contribution in [0, 0.1) is 0 Å². The van der Waals surface area contributed by atoms with Gasteiger partial charge < -0.3 is 15.0 Å². The van der Waals surface area contributed by atoms with Crippen molar-refractivity contribution in [3.05, 3.63) is 42.6 Å². The molecule has 0 unspecified atom stereocenters. The van der Waals surface area contributed by atoms with E-state index in [2.05, 4.69) is 15.2 Å². The van der Waals surface area contributed by atoms with Crippen LogP contribution in [0.5, 0.6) is 0 Å². The number of sulfonamides is 1. The summed E-state index contributed by atoms with van der Waals surface area (Å²) in [6.07, 6.45) is 5.10. The first kappa shape index (κ1) is 23.0. The second-order valence-corrected chi connectivity index (χ2v) is 10.7. The maximum atomic E-state index is 12.6. The van der Waals surface area contributed by atoms with Gasteiger partial charge in [-0.1, -0.05) is 11.8 Å². The van der Waals surface area contributed by atoms with E-state index in [1.165, 1.54) is 53.3 Å². The highest BCUT2D eigenvalue weighted by atomic mass is 32.2. The number of ether oxygens (including phenoxy) is 1. The molecule has 1 N–H and O–H groups in total. The van der Waals surface area contributed by atoms with E-state index in [1.54, 1.807) is 6.07 Å². The molecule has 1 aromatic heterocycles. The Bertz CT molecular complexity index is 1000. The molecule has 2 saturated heterocycles. The second-order valence-electron chi connectivity index (χ2n) is 7.78. The number of thioether (sulfide) groups is 1. The molecule has 0 radical (unpaired) electrons. The minimum atomic E-state index is -3.56. The number of aromatic nitrogens is 1. The lowest BCUT2D eigenvalue weighted by Gasteiger charge is -2.28. The van der Waals surface area contributed by atoms with Gasteiger partial charge >= 0.3 is 0 Å². The number of pyridine rings is 1. The molecule has 3 heterocycles. The van der Waals surface area contributed by atoms with Gasteiger partial charge in [0.25, 0.3) is 0 Å². The smallest absolute Gasteiger partial charge is 0.244 e. The van der Waals surface area contributed by atoms with Crippen LogP contribution in [0.15, 0.2) is 52.5 Å². The lowest BCUT2D eigenvalue weighted by atomic mass is 10.1. The van der Waals surface area contributed by atoms with Gasteiger partial charge in [0.05, 0.1) is 24.0 Å². The fraction of sp³-hybridized carbons (Fsp3) is 0.455. The molecule has 0 bridgehead atoms. The summed E-state index contributed by atoms with van der Waals surface area (Å²) in [4.78, 5) is 19.1. The number of anilines is 2. The van der Waals surface area contributed by atoms with E-state index < -0.39 is 10.0 Å². The fourth-order valence-electron chi connectivity index (χ4n) is 3.78. The summed E-state index contributed by atoms with van der Waals surface area (Å²) in [5.41, 5.74) is 1.95. The quantitative estimate of drug-likeness (QED) is 0.615. The molecule has 0 spiro atoms. The van der Waals surface area contributed by atoms with E-state index >= 15 is 0 Å². The van der Waals surface area contributed by atoms with Gasteiger partial charge in [0.1, 0.15) is 4.90 Å². The van der Waals surface area contributed by atoms with E-state index in [1.807, 2.05) is 24.3 Å². The molecule has 1 aromatic carbocycles. The number of hydrogen-bond acceptors (Lipinski definition) is 7. The van der Waals surface area contributed by atoms with Crippen molar-refractivity contribution >= 4 is 39.1 Å². The van der Waals surface area contributed by atoms with Gasteiger partial charge in [-0.15, -0.1) is 0 Å². The second kappa shape index (κ2) is 10.7. The molecule has 1 amide bonds. The van der Waals surface area contributed by atoms with Crippen LogP contribution in [0.4, 0.5) is 11.4 Å². The van der Waals surface area contributed by atoms with Crippen LogP contribution in [-0.4, -0.2) is 68.8 Å². The zero-order valence-corrected chi connectivity index (χ0v) is 19.5. The summed E-state index contributed by atoms with van der Waals surface area (Å²) in [6, 6.07) is 11.1. The summed E-state index contributed by atoms with van der Waals surface area (Å²) in [7, 11) is -3.56. The third-order valence-electron chi connectivity index (χ3n) is 5.54. The van der Waals surface area contributed by atoms with Gasteiger partial charge in [0, 0.05) is 43.8 Å². The molecule has 172 valence electrons. The highest BCUT2D eigenvalue weighted by Gasteiger charge is 2.26. The highest BCUT2D eigenvalue weighted by Crippen LogP contribution is 2.23. The Morgan fingerprint density at radius 3 is 2.38 bits per heavy atom. The average molecular weight is 477 g/mol. The van der Waals surface area contributed by atoms with Crippen LogP contribution < -0.4 is 10.2 Å². The van der Waals surface area contributed by atoms with Crippen molar-refractivity contribution in [3.8, 4) is 0 Å². The lowest BCUT2D eigenvalue weighted by Crippen LogP contribution is -2.40. The molecule has 4 rings (SSSR count). The molecule has 2 aliphatic heterocycles. The largest absolute Gasteiger partial charge is 0.379 e. The molecule has 32 heavy (non-hydrogen) atoms. The Kier molecular flexibility index (Phi) is 7.67. The zero-order valence-electron chi connectivity index (χ0n) is 17.9. The summed E-state index contributed by atoms with van der Waals surface area (Å²) >= 11 is 1.27. The molecule has 2 aromatic rings. The van der Waals surface area contributed by atoms with Gasteiger partial charge in [0.15, 0.2) is 0 Å². The number of benzene rings is 1. The summed E-state index contributed by atoms with van der Waals surface area (Å²) in [5.74, 6) is 0.0590. The van der Waals surface area contributed by atoms with Crippen LogP contribution in [-0.2, 0) is 19.6 Å². The van der Waals surface area contributed by atoms with Crippen LogP contribution in [0.25, 0.3) is 0 Å². The predicted molar refractivity (Wildman–Crippen MR) is 126 cm³/mol.